The highest BCUT2D eigenvalue weighted by Crippen LogP contribution is 2.40. The molecule has 1 aliphatic rings. The molecule has 1 aromatic rings. The lowest BCUT2D eigenvalue weighted by Gasteiger charge is -2.49. The number of rotatable bonds is 2. The molecule has 2 rings (SSSR count). The van der Waals surface area contributed by atoms with E-state index in [9.17, 15) is 9.90 Å². The summed E-state index contributed by atoms with van der Waals surface area (Å²) in [4.78, 5) is 12.1. The predicted octanol–water partition coefficient (Wildman–Crippen LogP) is 1.47. The second kappa shape index (κ2) is 4.28. The minimum atomic E-state index is -0.337. The summed E-state index contributed by atoms with van der Waals surface area (Å²) in [6.07, 6.45) is 0.281. The number of aryl methyl sites for hydroxylation is 1. The van der Waals surface area contributed by atoms with Crippen LogP contribution in [0.5, 0.6) is 0 Å². The van der Waals surface area contributed by atoms with Crippen molar-refractivity contribution in [2.75, 3.05) is 5.73 Å². The maximum Gasteiger partial charge on any atom is 0.251 e. The standard InChI is InChI=1S/C14H20N2O2/c1-8-6-9(4-5-10(8)15)13(18)16-11-7-12(17)14(11,2)3/h4-6,11-12,17H,7,15H2,1-3H3,(H,16,18). The molecule has 4 N–H and O–H groups in total. The second-order valence-electron chi connectivity index (χ2n) is 5.67. The van der Waals surface area contributed by atoms with Crippen LogP contribution in [0, 0.1) is 12.3 Å². The zero-order chi connectivity index (χ0) is 13.5. The van der Waals surface area contributed by atoms with Gasteiger partial charge in [0.25, 0.3) is 5.91 Å². The Bertz CT molecular complexity index is 483. The van der Waals surface area contributed by atoms with Gasteiger partial charge in [0.15, 0.2) is 0 Å². The van der Waals surface area contributed by atoms with Gasteiger partial charge in [-0.25, -0.2) is 0 Å². The fourth-order valence-electron chi connectivity index (χ4n) is 2.21. The van der Waals surface area contributed by atoms with Crippen LogP contribution in [-0.4, -0.2) is 23.2 Å². The van der Waals surface area contributed by atoms with E-state index in [2.05, 4.69) is 5.32 Å². The summed E-state index contributed by atoms with van der Waals surface area (Å²) in [7, 11) is 0. The third-order valence-electron chi connectivity index (χ3n) is 4.05. The Labute approximate surface area is 107 Å². The van der Waals surface area contributed by atoms with Gasteiger partial charge >= 0.3 is 0 Å². The van der Waals surface area contributed by atoms with E-state index in [0.717, 1.165) is 5.56 Å². The van der Waals surface area contributed by atoms with E-state index in [1.807, 2.05) is 20.8 Å². The van der Waals surface area contributed by atoms with Gasteiger partial charge in [0, 0.05) is 22.7 Å². The largest absolute Gasteiger partial charge is 0.399 e. The third kappa shape index (κ3) is 2.08. The van der Waals surface area contributed by atoms with E-state index in [1.165, 1.54) is 0 Å². The van der Waals surface area contributed by atoms with Crippen LogP contribution in [0.3, 0.4) is 0 Å². The van der Waals surface area contributed by atoms with Crippen molar-refractivity contribution in [3.8, 4) is 0 Å². The van der Waals surface area contributed by atoms with Crippen LogP contribution < -0.4 is 11.1 Å². The third-order valence-corrected chi connectivity index (χ3v) is 4.05. The number of aliphatic hydroxyl groups excluding tert-OH is 1. The number of anilines is 1. The van der Waals surface area contributed by atoms with Crippen LogP contribution in [0.2, 0.25) is 0 Å². The lowest BCUT2D eigenvalue weighted by Crippen LogP contribution is -2.61. The normalized spacial score (nSPS) is 25.3. The van der Waals surface area contributed by atoms with E-state index in [-0.39, 0.29) is 23.5 Å². The molecular formula is C14H20N2O2. The summed E-state index contributed by atoms with van der Waals surface area (Å²) < 4.78 is 0. The summed E-state index contributed by atoms with van der Waals surface area (Å²) in [6, 6.07) is 5.27. The molecule has 1 aromatic carbocycles. The number of hydrogen-bond donors (Lipinski definition) is 3. The number of amides is 1. The Morgan fingerprint density at radius 3 is 2.67 bits per heavy atom. The number of hydrogen-bond acceptors (Lipinski definition) is 3. The van der Waals surface area contributed by atoms with E-state index in [4.69, 9.17) is 5.73 Å². The SMILES string of the molecule is Cc1cc(C(=O)NC2CC(O)C2(C)C)ccc1N. The van der Waals surface area contributed by atoms with Crippen molar-refractivity contribution >= 4 is 11.6 Å². The van der Waals surface area contributed by atoms with Gasteiger partial charge in [-0.15, -0.1) is 0 Å². The quantitative estimate of drug-likeness (QED) is 0.694. The summed E-state index contributed by atoms with van der Waals surface area (Å²) >= 11 is 0. The summed E-state index contributed by atoms with van der Waals surface area (Å²) in [5.41, 5.74) is 7.67. The molecule has 0 spiro atoms. The lowest BCUT2D eigenvalue weighted by atomic mass is 9.64. The van der Waals surface area contributed by atoms with Crippen molar-refractivity contribution in [2.45, 2.75) is 39.3 Å². The topological polar surface area (TPSA) is 75.3 Å². The second-order valence-corrected chi connectivity index (χ2v) is 5.67. The average Bonchev–Trinajstić information content (AvgIpc) is 2.32. The Balaban J connectivity index is 2.07. The summed E-state index contributed by atoms with van der Waals surface area (Å²) in [5, 5.41) is 12.6. The average molecular weight is 248 g/mol. The van der Waals surface area contributed by atoms with Crippen LogP contribution in [0.1, 0.15) is 36.2 Å². The molecule has 0 bridgehead atoms. The Morgan fingerprint density at radius 2 is 2.17 bits per heavy atom. The first kappa shape index (κ1) is 12.9. The number of benzene rings is 1. The van der Waals surface area contributed by atoms with Crippen LogP contribution in [0.4, 0.5) is 5.69 Å². The lowest BCUT2D eigenvalue weighted by molar-refractivity contribution is -0.0689. The number of nitrogen functional groups attached to an aromatic ring is 1. The first-order valence-electron chi connectivity index (χ1n) is 6.17. The molecule has 0 radical (unpaired) electrons. The van der Waals surface area contributed by atoms with Crippen molar-refractivity contribution < 1.29 is 9.90 Å². The van der Waals surface area contributed by atoms with E-state index in [1.54, 1.807) is 18.2 Å². The number of carbonyl (C=O) groups is 1. The molecule has 0 heterocycles. The number of nitrogens with two attached hydrogens (primary N) is 1. The molecule has 4 heteroatoms. The Morgan fingerprint density at radius 1 is 1.50 bits per heavy atom. The smallest absolute Gasteiger partial charge is 0.251 e. The minimum Gasteiger partial charge on any atom is -0.399 e. The molecule has 18 heavy (non-hydrogen) atoms. The molecule has 98 valence electrons. The van der Waals surface area contributed by atoms with E-state index >= 15 is 0 Å². The molecule has 2 unspecified atom stereocenters. The molecule has 0 saturated heterocycles. The first-order valence-corrected chi connectivity index (χ1v) is 6.17. The van der Waals surface area contributed by atoms with Crippen LogP contribution in [0.15, 0.2) is 18.2 Å². The van der Waals surface area contributed by atoms with Crippen molar-refractivity contribution in [1.82, 2.24) is 5.32 Å². The first-order chi connectivity index (χ1) is 8.32. The summed E-state index contributed by atoms with van der Waals surface area (Å²) in [6.45, 7) is 5.80. The van der Waals surface area contributed by atoms with E-state index < -0.39 is 0 Å². The monoisotopic (exact) mass is 248 g/mol. The molecule has 1 saturated carbocycles. The van der Waals surface area contributed by atoms with Gasteiger partial charge in [0.2, 0.25) is 0 Å². The fourth-order valence-corrected chi connectivity index (χ4v) is 2.21. The molecule has 0 aromatic heterocycles. The number of nitrogens with one attached hydrogen (secondary N) is 1. The highest BCUT2D eigenvalue weighted by molar-refractivity contribution is 5.95. The zero-order valence-electron chi connectivity index (χ0n) is 11.0. The van der Waals surface area contributed by atoms with Gasteiger partial charge in [0.05, 0.1) is 6.10 Å². The van der Waals surface area contributed by atoms with Gasteiger partial charge in [-0.3, -0.25) is 4.79 Å². The van der Waals surface area contributed by atoms with Crippen LogP contribution in [-0.2, 0) is 0 Å². The molecular weight excluding hydrogens is 228 g/mol. The van der Waals surface area contributed by atoms with Crippen molar-refractivity contribution in [3.63, 3.8) is 0 Å². The van der Waals surface area contributed by atoms with Gasteiger partial charge in [-0.1, -0.05) is 13.8 Å². The molecule has 1 aliphatic carbocycles. The van der Waals surface area contributed by atoms with Crippen molar-refractivity contribution in [3.05, 3.63) is 29.3 Å². The molecule has 0 aliphatic heterocycles. The van der Waals surface area contributed by atoms with Crippen molar-refractivity contribution in [2.24, 2.45) is 5.41 Å². The maximum absolute atomic E-state index is 12.1. The molecule has 4 nitrogen and oxygen atoms in total. The molecule has 1 fully saturated rings. The number of aliphatic hydroxyl groups is 1. The van der Waals surface area contributed by atoms with Gasteiger partial charge in [-0.2, -0.15) is 0 Å². The Hall–Kier alpha value is -1.55. The predicted molar refractivity (Wildman–Crippen MR) is 71.3 cm³/mol. The maximum atomic E-state index is 12.1. The van der Waals surface area contributed by atoms with Gasteiger partial charge in [0.1, 0.15) is 0 Å². The molecule has 2 atom stereocenters. The number of carbonyl (C=O) groups excluding carboxylic acids is 1. The van der Waals surface area contributed by atoms with E-state index in [0.29, 0.717) is 17.7 Å². The van der Waals surface area contributed by atoms with Gasteiger partial charge < -0.3 is 16.2 Å². The van der Waals surface area contributed by atoms with Gasteiger partial charge in [-0.05, 0) is 37.1 Å². The minimum absolute atomic E-state index is 0.0258. The Kier molecular flexibility index (Phi) is 3.07. The fraction of sp³-hybridized carbons (Fsp3) is 0.500. The summed E-state index contributed by atoms with van der Waals surface area (Å²) in [5.74, 6) is -0.108. The highest BCUT2D eigenvalue weighted by Gasteiger charge is 2.47. The van der Waals surface area contributed by atoms with Crippen molar-refractivity contribution in [1.29, 1.82) is 0 Å². The highest BCUT2D eigenvalue weighted by atomic mass is 16.3. The zero-order valence-corrected chi connectivity index (χ0v) is 11.0. The van der Waals surface area contributed by atoms with Crippen LogP contribution >= 0.6 is 0 Å². The van der Waals surface area contributed by atoms with Crippen LogP contribution in [0.25, 0.3) is 0 Å². The molecule has 1 amide bonds.